The van der Waals surface area contributed by atoms with E-state index in [1.807, 2.05) is 12.1 Å². The lowest BCUT2D eigenvalue weighted by Crippen LogP contribution is -2.03. The van der Waals surface area contributed by atoms with Crippen LogP contribution in [0, 0.1) is 0 Å². The Morgan fingerprint density at radius 1 is 1.04 bits per heavy atom. The van der Waals surface area contributed by atoms with Crippen LogP contribution in [-0.4, -0.2) is 35.2 Å². The van der Waals surface area contributed by atoms with Crippen LogP contribution in [-0.2, 0) is 0 Å². The smallest absolute Gasteiger partial charge is 0.184 e. The molecule has 0 saturated heterocycles. The first kappa shape index (κ1) is 16.4. The third kappa shape index (κ3) is 2.42. The normalized spacial score (nSPS) is 11.7. The number of nitrogens with two attached hydrogens (primary N) is 1. The predicted octanol–water partition coefficient (Wildman–Crippen LogP) is 3.44. The Morgan fingerprint density at radius 3 is 2.68 bits per heavy atom. The summed E-state index contributed by atoms with van der Waals surface area (Å²) in [5.41, 5.74) is 11.0. The van der Waals surface area contributed by atoms with Gasteiger partial charge in [-0.3, -0.25) is 0 Å². The lowest BCUT2D eigenvalue weighted by Gasteiger charge is -2.14. The highest BCUT2D eigenvalue weighted by molar-refractivity contribution is 5.99. The van der Waals surface area contributed by atoms with Crippen molar-refractivity contribution < 1.29 is 0 Å². The molecule has 0 aliphatic carbocycles. The number of tetrazole rings is 1. The van der Waals surface area contributed by atoms with Crippen molar-refractivity contribution in [2.24, 2.45) is 0 Å². The van der Waals surface area contributed by atoms with Crippen molar-refractivity contribution in [2.45, 2.75) is 19.8 Å². The summed E-state index contributed by atoms with van der Waals surface area (Å²) in [6, 6.07) is 12.7. The average Bonchev–Trinajstić information content (AvgIpc) is 3.37. The van der Waals surface area contributed by atoms with Crippen LogP contribution in [0.2, 0.25) is 0 Å². The summed E-state index contributed by atoms with van der Waals surface area (Å²) in [4.78, 5) is 4.62. The van der Waals surface area contributed by atoms with Gasteiger partial charge in [0.2, 0.25) is 0 Å². The summed E-state index contributed by atoms with van der Waals surface area (Å²) in [6.07, 6.45) is 3.46. The zero-order valence-corrected chi connectivity index (χ0v) is 15.5. The SMILES string of the molecule is CC(C)c1cc(-c2cnc3c(-c4nnn[nH]4)cnn3c2N)c2ccccc2c1. The first-order chi connectivity index (χ1) is 13.6. The highest BCUT2D eigenvalue weighted by Gasteiger charge is 2.17. The average molecular weight is 370 g/mol. The number of rotatable bonds is 3. The van der Waals surface area contributed by atoms with Gasteiger partial charge in [-0.1, -0.05) is 50.2 Å². The number of fused-ring (bicyclic) bond motifs is 2. The Balaban J connectivity index is 1.77. The van der Waals surface area contributed by atoms with Crippen LogP contribution in [0.25, 0.3) is 38.9 Å². The van der Waals surface area contributed by atoms with Crippen LogP contribution in [0.3, 0.4) is 0 Å². The highest BCUT2D eigenvalue weighted by atomic mass is 15.5. The van der Waals surface area contributed by atoms with Crippen molar-refractivity contribution in [2.75, 3.05) is 5.73 Å². The topological polar surface area (TPSA) is 111 Å². The van der Waals surface area contributed by atoms with Crippen LogP contribution in [0.5, 0.6) is 0 Å². The minimum Gasteiger partial charge on any atom is -0.383 e. The van der Waals surface area contributed by atoms with Gasteiger partial charge in [0.05, 0.1) is 11.8 Å². The van der Waals surface area contributed by atoms with Crippen molar-refractivity contribution in [1.29, 1.82) is 0 Å². The maximum atomic E-state index is 6.53. The molecule has 0 spiro atoms. The van der Waals surface area contributed by atoms with Gasteiger partial charge in [-0.05, 0) is 38.2 Å². The minimum absolute atomic E-state index is 0.400. The van der Waals surface area contributed by atoms with E-state index in [9.17, 15) is 0 Å². The standard InChI is InChI=1S/C20H18N8/c1-11(2)13-7-12-5-3-4-6-14(12)15(8-13)16-9-22-20-17(19-24-26-27-25-19)10-23-28(20)18(16)21/h3-11H,21H2,1-2H3,(H,24,25,26,27). The van der Waals surface area contributed by atoms with Crippen LogP contribution >= 0.6 is 0 Å². The molecule has 28 heavy (non-hydrogen) atoms. The molecule has 138 valence electrons. The molecular formula is C20H18N8. The zero-order valence-electron chi connectivity index (χ0n) is 15.5. The van der Waals surface area contributed by atoms with E-state index in [-0.39, 0.29) is 0 Å². The quantitative estimate of drug-likeness (QED) is 0.503. The Labute approximate surface area is 160 Å². The second-order valence-corrected chi connectivity index (χ2v) is 7.04. The van der Waals surface area contributed by atoms with Gasteiger partial charge in [-0.25, -0.2) is 10.1 Å². The number of anilines is 1. The predicted molar refractivity (Wildman–Crippen MR) is 108 cm³/mol. The molecule has 0 saturated carbocycles. The lowest BCUT2D eigenvalue weighted by atomic mass is 9.92. The van der Waals surface area contributed by atoms with E-state index in [1.165, 1.54) is 10.9 Å². The molecule has 0 fully saturated rings. The largest absolute Gasteiger partial charge is 0.383 e. The second kappa shape index (κ2) is 6.12. The molecule has 0 amide bonds. The molecule has 0 bridgehead atoms. The van der Waals surface area contributed by atoms with Gasteiger partial charge >= 0.3 is 0 Å². The lowest BCUT2D eigenvalue weighted by molar-refractivity contribution is 0.869. The Kier molecular flexibility index (Phi) is 3.58. The summed E-state index contributed by atoms with van der Waals surface area (Å²) in [5.74, 6) is 1.42. The number of hydrogen-bond donors (Lipinski definition) is 2. The van der Waals surface area contributed by atoms with Crippen molar-refractivity contribution in [3.05, 3.63) is 54.4 Å². The number of aromatic amines is 1. The first-order valence-corrected chi connectivity index (χ1v) is 9.03. The number of aromatic nitrogens is 7. The van der Waals surface area contributed by atoms with Crippen LogP contribution < -0.4 is 5.73 Å². The van der Waals surface area contributed by atoms with Crippen molar-refractivity contribution in [3.63, 3.8) is 0 Å². The van der Waals surface area contributed by atoms with Crippen molar-refractivity contribution in [3.8, 4) is 22.5 Å². The first-order valence-electron chi connectivity index (χ1n) is 9.03. The van der Waals surface area contributed by atoms with Crippen molar-refractivity contribution >= 4 is 22.2 Å². The molecule has 2 aromatic carbocycles. The number of H-pyrrole nitrogens is 1. The number of benzene rings is 2. The van der Waals surface area contributed by atoms with E-state index in [0.717, 1.165) is 16.5 Å². The second-order valence-electron chi connectivity index (χ2n) is 7.04. The molecule has 3 heterocycles. The Bertz CT molecular complexity index is 1300. The molecule has 8 nitrogen and oxygen atoms in total. The van der Waals surface area contributed by atoms with Gasteiger partial charge < -0.3 is 5.73 Å². The molecule has 3 N–H and O–H groups in total. The Morgan fingerprint density at radius 2 is 1.89 bits per heavy atom. The van der Waals surface area contributed by atoms with Gasteiger partial charge in [-0.2, -0.15) is 9.61 Å². The molecule has 3 aromatic heterocycles. The van der Waals surface area contributed by atoms with E-state index in [1.54, 1.807) is 16.9 Å². The molecule has 0 unspecified atom stereocenters. The summed E-state index contributed by atoms with van der Waals surface area (Å²) in [7, 11) is 0. The van der Waals surface area contributed by atoms with Gasteiger partial charge in [0.1, 0.15) is 5.82 Å². The third-order valence-electron chi connectivity index (χ3n) is 5.01. The molecule has 5 rings (SSSR count). The van der Waals surface area contributed by atoms with E-state index in [4.69, 9.17) is 5.73 Å². The Hall–Kier alpha value is -3.81. The molecule has 0 aliphatic rings. The summed E-state index contributed by atoms with van der Waals surface area (Å²) in [5, 5.41) is 20.6. The van der Waals surface area contributed by atoms with Crippen LogP contribution in [0.1, 0.15) is 25.3 Å². The molecular weight excluding hydrogens is 352 g/mol. The maximum Gasteiger partial charge on any atom is 0.184 e. The summed E-state index contributed by atoms with van der Waals surface area (Å²) in [6.45, 7) is 4.37. The van der Waals surface area contributed by atoms with Crippen molar-refractivity contribution in [1.82, 2.24) is 35.2 Å². The number of nitrogens with zero attached hydrogens (tertiary/aromatic N) is 6. The van der Waals surface area contributed by atoms with Gasteiger partial charge in [0.25, 0.3) is 0 Å². The van der Waals surface area contributed by atoms with E-state index < -0.39 is 0 Å². The molecule has 0 atom stereocenters. The molecule has 0 radical (unpaired) electrons. The van der Waals surface area contributed by atoms with Gasteiger partial charge in [0.15, 0.2) is 11.5 Å². The van der Waals surface area contributed by atoms with E-state index in [0.29, 0.717) is 28.8 Å². The summed E-state index contributed by atoms with van der Waals surface area (Å²) < 4.78 is 1.63. The number of hydrogen-bond acceptors (Lipinski definition) is 6. The van der Waals surface area contributed by atoms with Crippen LogP contribution in [0.15, 0.2) is 48.8 Å². The highest BCUT2D eigenvalue weighted by Crippen LogP contribution is 2.36. The number of nitrogens with one attached hydrogen (secondary N) is 1. The van der Waals surface area contributed by atoms with Crippen LogP contribution in [0.4, 0.5) is 5.82 Å². The van der Waals surface area contributed by atoms with Gasteiger partial charge in [0, 0.05) is 11.8 Å². The van der Waals surface area contributed by atoms with Gasteiger partial charge in [-0.15, -0.1) is 5.10 Å². The zero-order chi connectivity index (χ0) is 19.3. The van der Waals surface area contributed by atoms with E-state index >= 15 is 0 Å². The number of nitrogen functional groups attached to an aromatic ring is 1. The fourth-order valence-corrected chi connectivity index (χ4v) is 3.49. The van der Waals surface area contributed by atoms with E-state index in [2.05, 4.69) is 68.8 Å². The summed E-state index contributed by atoms with van der Waals surface area (Å²) >= 11 is 0. The fourth-order valence-electron chi connectivity index (χ4n) is 3.49. The molecule has 8 heteroatoms. The fraction of sp³-hybridized carbons (Fsp3) is 0.150. The maximum absolute atomic E-state index is 6.53. The molecule has 5 aromatic rings. The minimum atomic E-state index is 0.400. The third-order valence-corrected chi connectivity index (χ3v) is 5.01. The monoisotopic (exact) mass is 370 g/mol. The molecule has 0 aliphatic heterocycles.